The maximum atomic E-state index is 11.3. The van der Waals surface area contributed by atoms with Gasteiger partial charge in [0.15, 0.2) is 0 Å². The zero-order chi connectivity index (χ0) is 21.1. The second kappa shape index (κ2) is 7.51. The molecule has 4 saturated carbocycles. The van der Waals surface area contributed by atoms with E-state index in [4.69, 9.17) is 5.11 Å². The predicted octanol–water partition coefficient (Wildman–Crippen LogP) is 4.72. The quantitative estimate of drug-likeness (QED) is 0.631. The smallest absolute Gasteiger partial charge is 0.303 e. The number of carboxylic acid groups (broad SMARTS) is 1. The van der Waals surface area contributed by atoms with E-state index in [1.165, 1.54) is 19.3 Å². The van der Waals surface area contributed by atoms with Crippen molar-refractivity contribution in [3.8, 4) is 0 Å². The first-order chi connectivity index (χ1) is 13.6. The summed E-state index contributed by atoms with van der Waals surface area (Å²) in [5.41, 5.74) is 0.461. The summed E-state index contributed by atoms with van der Waals surface area (Å²) in [6, 6.07) is 0. The van der Waals surface area contributed by atoms with Crippen molar-refractivity contribution < 1.29 is 20.1 Å². The van der Waals surface area contributed by atoms with Crippen LogP contribution in [-0.4, -0.2) is 33.5 Å². The minimum absolute atomic E-state index is 0.186. The van der Waals surface area contributed by atoms with Crippen LogP contribution in [0.15, 0.2) is 0 Å². The van der Waals surface area contributed by atoms with Gasteiger partial charge in [0, 0.05) is 6.42 Å². The molecule has 4 rings (SSSR count). The second-order valence-corrected chi connectivity index (χ2v) is 11.8. The topological polar surface area (TPSA) is 77.8 Å². The largest absolute Gasteiger partial charge is 0.481 e. The number of carbonyl (C=O) groups is 1. The van der Waals surface area contributed by atoms with E-state index in [0.29, 0.717) is 41.4 Å². The molecule has 11 atom stereocenters. The third-order valence-electron chi connectivity index (χ3n) is 10.8. The number of hydrogen-bond donors (Lipinski definition) is 3. The van der Waals surface area contributed by atoms with Crippen molar-refractivity contribution in [3.63, 3.8) is 0 Å². The molecule has 29 heavy (non-hydrogen) atoms. The van der Waals surface area contributed by atoms with Crippen molar-refractivity contribution in [2.24, 2.45) is 52.3 Å². The van der Waals surface area contributed by atoms with Crippen molar-refractivity contribution in [1.82, 2.24) is 0 Å². The minimum Gasteiger partial charge on any atom is -0.481 e. The van der Waals surface area contributed by atoms with Crippen LogP contribution in [0.4, 0.5) is 0 Å². The first kappa shape index (κ1) is 21.6. The van der Waals surface area contributed by atoms with Crippen LogP contribution < -0.4 is 0 Å². The van der Waals surface area contributed by atoms with Gasteiger partial charge in [-0.3, -0.25) is 4.79 Å². The lowest BCUT2D eigenvalue weighted by Crippen LogP contribution is -2.60. The minimum atomic E-state index is -0.686. The number of aliphatic hydroxyl groups excluding tert-OH is 2. The summed E-state index contributed by atoms with van der Waals surface area (Å²) in [6.45, 7) is 9.63. The van der Waals surface area contributed by atoms with Gasteiger partial charge >= 0.3 is 5.97 Å². The molecule has 0 aromatic carbocycles. The molecule has 0 heterocycles. The van der Waals surface area contributed by atoms with Gasteiger partial charge in [0.25, 0.3) is 0 Å². The molecule has 0 amide bonds. The fraction of sp³-hybridized carbons (Fsp3) is 0.960. The molecule has 0 aromatic heterocycles. The molecule has 166 valence electrons. The molecule has 0 bridgehead atoms. The third-order valence-corrected chi connectivity index (χ3v) is 10.8. The average Bonchev–Trinajstić information content (AvgIpc) is 3.01. The molecule has 4 fully saturated rings. The van der Waals surface area contributed by atoms with Gasteiger partial charge in [0.05, 0.1) is 12.2 Å². The normalized spacial score (nSPS) is 52.9. The van der Waals surface area contributed by atoms with Crippen LogP contribution in [0.2, 0.25) is 0 Å². The van der Waals surface area contributed by atoms with Crippen molar-refractivity contribution >= 4 is 5.97 Å². The molecule has 4 aliphatic carbocycles. The van der Waals surface area contributed by atoms with E-state index in [2.05, 4.69) is 27.7 Å². The number of carboxylic acids is 1. The molecule has 0 aromatic rings. The molecule has 4 nitrogen and oxygen atoms in total. The first-order valence-corrected chi connectivity index (χ1v) is 12.2. The van der Waals surface area contributed by atoms with E-state index in [-0.39, 0.29) is 29.5 Å². The van der Waals surface area contributed by atoms with Crippen LogP contribution in [0.3, 0.4) is 0 Å². The van der Waals surface area contributed by atoms with Crippen molar-refractivity contribution in [3.05, 3.63) is 0 Å². The standard InChI is InChI=1S/C25H42O4/c1-14(5-8-22(28)29)18-6-7-19-23-20(11-15(2)25(18,19)4)24(3)10-9-17(26)12-16(24)13-21(23)27/h14-21,23,26-27H,5-13H2,1-4H3,(H,28,29). The summed E-state index contributed by atoms with van der Waals surface area (Å²) in [7, 11) is 0. The Kier molecular flexibility index (Phi) is 5.60. The molecule has 0 aliphatic heterocycles. The van der Waals surface area contributed by atoms with E-state index >= 15 is 0 Å². The van der Waals surface area contributed by atoms with Gasteiger partial charge in [0.1, 0.15) is 0 Å². The van der Waals surface area contributed by atoms with E-state index in [9.17, 15) is 15.0 Å². The maximum absolute atomic E-state index is 11.3. The van der Waals surface area contributed by atoms with Crippen LogP contribution in [0.25, 0.3) is 0 Å². The molecule has 0 radical (unpaired) electrons. The lowest BCUT2D eigenvalue weighted by molar-refractivity contribution is -0.189. The van der Waals surface area contributed by atoms with Gasteiger partial charge in [-0.2, -0.15) is 0 Å². The Bertz CT molecular complexity index is 634. The van der Waals surface area contributed by atoms with Gasteiger partial charge in [-0.05, 0) is 104 Å². The van der Waals surface area contributed by atoms with Crippen LogP contribution in [0, 0.1) is 52.3 Å². The van der Waals surface area contributed by atoms with Crippen LogP contribution in [0.1, 0.15) is 85.5 Å². The summed E-state index contributed by atoms with van der Waals surface area (Å²) in [5.74, 6) is 2.84. The van der Waals surface area contributed by atoms with Gasteiger partial charge in [-0.15, -0.1) is 0 Å². The highest BCUT2D eigenvalue weighted by atomic mass is 16.4. The SMILES string of the molecule is CC(CCC(=O)O)C1CCC2C3C(O)CC4CC(O)CCC4(C)C3CC(C)C12C. The van der Waals surface area contributed by atoms with Gasteiger partial charge in [0.2, 0.25) is 0 Å². The molecular weight excluding hydrogens is 364 g/mol. The van der Waals surface area contributed by atoms with Crippen molar-refractivity contribution in [2.75, 3.05) is 0 Å². The Morgan fingerprint density at radius 1 is 1.07 bits per heavy atom. The van der Waals surface area contributed by atoms with Crippen molar-refractivity contribution in [2.45, 2.75) is 97.7 Å². The average molecular weight is 407 g/mol. The highest BCUT2D eigenvalue weighted by Crippen LogP contribution is 2.69. The number of fused-ring (bicyclic) bond motifs is 5. The fourth-order valence-electron chi connectivity index (χ4n) is 9.06. The molecule has 4 aliphatic rings. The molecular formula is C25H42O4. The Morgan fingerprint density at radius 3 is 2.48 bits per heavy atom. The number of hydrogen-bond acceptors (Lipinski definition) is 3. The van der Waals surface area contributed by atoms with Crippen LogP contribution >= 0.6 is 0 Å². The molecule has 11 unspecified atom stereocenters. The summed E-state index contributed by atoms with van der Waals surface area (Å²) in [6.07, 6.45) is 7.89. The molecule has 0 saturated heterocycles. The van der Waals surface area contributed by atoms with E-state index in [0.717, 1.165) is 32.1 Å². The molecule has 4 heteroatoms. The monoisotopic (exact) mass is 406 g/mol. The molecule has 0 spiro atoms. The zero-order valence-corrected chi connectivity index (χ0v) is 18.8. The van der Waals surface area contributed by atoms with E-state index in [1.54, 1.807) is 0 Å². The predicted molar refractivity (Wildman–Crippen MR) is 113 cm³/mol. The zero-order valence-electron chi connectivity index (χ0n) is 18.8. The van der Waals surface area contributed by atoms with Gasteiger partial charge in [-0.1, -0.05) is 27.7 Å². The Morgan fingerprint density at radius 2 is 1.79 bits per heavy atom. The third kappa shape index (κ3) is 3.28. The van der Waals surface area contributed by atoms with Gasteiger partial charge < -0.3 is 15.3 Å². The number of rotatable bonds is 4. The van der Waals surface area contributed by atoms with Crippen LogP contribution in [-0.2, 0) is 4.79 Å². The highest BCUT2D eigenvalue weighted by molar-refractivity contribution is 5.66. The summed E-state index contributed by atoms with van der Waals surface area (Å²) in [5, 5.41) is 30.7. The molecule has 3 N–H and O–H groups in total. The Balaban J connectivity index is 1.61. The van der Waals surface area contributed by atoms with Crippen molar-refractivity contribution in [1.29, 1.82) is 0 Å². The first-order valence-electron chi connectivity index (χ1n) is 12.2. The van der Waals surface area contributed by atoms with E-state index in [1.807, 2.05) is 0 Å². The lowest BCUT2D eigenvalue weighted by Gasteiger charge is -2.64. The second-order valence-electron chi connectivity index (χ2n) is 11.8. The Labute approximate surface area is 176 Å². The van der Waals surface area contributed by atoms with E-state index < -0.39 is 5.97 Å². The lowest BCUT2D eigenvalue weighted by atomic mass is 9.41. The Hall–Kier alpha value is -0.610. The fourth-order valence-corrected chi connectivity index (χ4v) is 9.06. The van der Waals surface area contributed by atoms with Gasteiger partial charge in [-0.25, -0.2) is 0 Å². The van der Waals surface area contributed by atoms with Crippen LogP contribution in [0.5, 0.6) is 0 Å². The summed E-state index contributed by atoms with van der Waals surface area (Å²) >= 11 is 0. The summed E-state index contributed by atoms with van der Waals surface area (Å²) in [4.78, 5) is 11.1. The maximum Gasteiger partial charge on any atom is 0.303 e. The number of aliphatic carboxylic acids is 1. The number of aliphatic hydroxyl groups is 2. The highest BCUT2D eigenvalue weighted by Gasteiger charge is 2.64. The summed E-state index contributed by atoms with van der Waals surface area (Å²) < 4.78 is 0.